The average molecular weight is 673 g/mol. The molecule has 4 bridgehead atoms. The van der Waals surface area contributed by atoms with E-state index in [1.807, 2.05) is 0 Å². The SMILES string of the molecule is O=C(NC1CCC(CCN2[C@@H]3CC[C@H]2c2ccccc23)CC1)c1nccnc1C(=O)NC1CCC(CCN2[C@@H]3CC[C@H]2c2ccccc23)CC1. The zero-order chi connectivity index (χ0) is 33.6. The van der Waals surface area contributed by atoms with Gasteiger partial charge in [-0.2, -0.15) is 0 Å². The van der Waals surface area contributed by atoms with Crippen molar-refractivity contribution < 1.29 is 9.59 Å². The molecule has 2 aliphatic carbocycles. The fourth-order valence-corrected chi connectivity index (χ4v) is 11.0. The van der Waals surface area contributed by atoms with Crippen molar-refractivity contribution in [3.05, 3.63) is 94.6 Å². The van der Waals surface area contributed by atoms with E-state index < -0.39 is 0 Å². The van der Waals surface area contributed by atoms with Crippen LogP contribution in [0.3, 0.4) is 0 Å². The van der Waals surface area contributed by atoms with Gasteiger partial charge in [0.25, 0.3) is 11.8 Å². The van der Waals surface area contributed by atoms with E-state index in [2.05, 4.69) is 78.9 Å². The zero-order valence-electron chi connectivity index (χ0n) is 29.3. The molecule has 2 amide bonds. The highest BCUT2D eigenvalue weighted by molar-refractivity contribution is 6.04. The molecule has 2 N–H and O–H groups in total. The Morgan fingerprint density at radius 2 is 0.860 bits per heavy atom. The van der Waals surface area contributed by atoms with E-state index in [-0.39, 0.29) is 35.3 Å². The fourth-order valence-electron chi connectivity index (χ4n) is 11.0. The third kappa shape index (κ3) is 6.06. The number of rotatable bonds is 10. The predicted molar refractivity (Wildman–Crippen MR) is 193 cm³/mol. The molecule has 5 heterocycles. The summed E-state index contributed by atoms with van der Waals surface area (Å²) in [5.41, 5.74) is 6.52. The van der Waals surface area contributed by atoms with Gasteiger partial charge in [-0.3, -0.25) is 19.4 Å². The van der Waals surface area contributed by atoms with Crippen molar-refractivity contribution in [2.45, 2.75) is 126 Å². The normalized spacial score (nSPS) is 31.4. The van der Waals surface area contributed by atoms with Crippen LogP contribution in [0.1, 0.15) is 157 Å². The number of carbonyl (C=O) groups is 2. The van der Waals surface area contributed by atoms with Crippen LogP contribution < -0.4 is 10.6 Å². The minimum absolute atomic E-state index is 0.115. The molecule has 2 saturated heterocycles. The highest BCUT2D eigenvalue weighted by Gasteiger charge is 2.44. The highest BCUT2D eigenvalue weighted by atomic mass is 16.2. The highest BCUT2D eigenvalue weighted by Crippen LogP contribution is 2.54. The van der Waals surface area contributed by atoms with Gasteiger partial charge in [-0.25, -0.2) is 9.97 Å². The minimum Gasteiger partial charge on any atom is -0.348 e. The molecule has 8 heteroatoms. The van der Waals surface area contributed by atoms with Crippen molar-refractivity contribution in [1.29, 1.82) is 0 Å². The molecule has 0 unspecified atom stereocenters. The van der Waals surface area contributed by atoms with Gasteiger partial charge < -0.3 is 10.6 Å². The summed E-state index contributed by atoms with van der Waals surface area (Å²) < 4.78 is 0. The molecule has 2 aromatic carbocycles. The number of amides is 2. The van der Waals surface area contributed by atoms with Crippen molar-refractivity contribution >= 4 is 11.8 Å². The third-order valence-corrected chi connectivity index (χ3v) is 13.5. The molecule has 2 saturated carbocycles. The first-order valence-corrected chi connectivity index (χ1v) is 19.7. The summed E-state index contributed by atoms with van der Waals surface area (Å²) in [4.78, 5) is 41.1. The Morgan fingerprint density at radius 1 is 0.520 bits per heavy atom. The first kappa shape index (κ1) is 32.3. The largest absolute Gasteiger partial charge is 0.348 e. The lowest BCUT2D eigenvalue weighted by Crippen LogP contribution is -2.41. The molecule has 3 aromatic rings. The summed E-state index contributed by atoms with van der Waals surface area (Å²) in [6.45, 7) is 2.33. The number of hydrogen-bond acceptors (Lipinski definition) is 6. The number of hydrogen-bond donors (Lipinski definition) is 2. The Balaban J connectivity index is 0.717. The lowest BCUT2D eigenvalue weighted by Gasteiger charge is -2.31. The number of benzene rings is 2. The quantitative estimate of drug-likeness (QED) is 0.230. The van der Waals surface area contributed by atoms with Crippen LogP contribution in [0.2, 0.25) is 0 Å². The van der Waals surface area contributed by atoms with Gasteiger partial charge in [0.2, 0.25) is 0 Å². The first-order valence-electron chi connectivity index (χ1n) is 19.7. The van der Waals surface area contributed by atoms with Crippen molar-refractivity contribution in [3.8, 4) is 0 Å². The Bertz CT molecular complexity index is 1520. The second kappa shape index (κ2) is 13.8. The summed E-state index contributed by atoms with van der Waals surface area (Å²) >= 11 is 0. The number of nitrogens with one attached hydrogen (secondary N) is 2. The van der Waals surface area contributed by atoms with Crippen LogP contribution in [-0.2, 0) is 0 Å². The van der Waals surface area contributed by atoms with Crippen LogP contribution in [0.5, 0.6) is 0 Å². The van der Waals surface area contributed by atoms with Crippen molar-refractivity contribution in [3.63, 3.8) is 0 Å². The van der Waals surface area contributed by atoms with E-state index in [1.54, 1.807) is 22.3 Å². The molecule has 0 spiro atoms. The Kier molecular flexibility index (Phi) is 8.94. The van der Waals surface area contributed by atoms with E-state index in [1.165, 1.54) is 64.0 Å². The molecule has 1 aromatic heterocycles. The van der Waals surface area contributed by atoms with Gasteiger partial charge in [0.15, 0.2) is 11.4 Å². The number of aromatic nitrogens is 2. The van der Waals surface area contributed by atoms with Crippen molar-refractivity contribution in [2.75, 3.05) is 13.1 Å². The molecular formula is C42H52N6O2. The predicted octanol–water partition coefficient (Wildman–Crippen LogP) is 7.62. The summed E-state index contributed by atoms with van der Waals surface area (Å²) in [7, 11) is 0. The first-order chi connectivity index (χ1) is 24.6. The molecule has 8 nitrogen and oxygen atoms in total. The summed E-state index contributed by atoms with van der Waals surface area (Å²) in [5.74, 6) is 0.845. The number of carbonyl (C=O) groups excluding carboxylic acids is 2. The van der Waals surface area contributed by atoms with Crippen LogP contribution in [0.15, 0.2) is 60.9 Å². The lowest BCUT2D eigenvalue weighted by molar-refractivity contribution is 0.0875. The Morgan fingerprint density at radius 3 is 1.20 bits per heavy atom. The maximum Gasteiger partial charge on any atom is 0.272 e. The number of fused-ring (bicyclic) bond motifs is 10. The Labute approximate surface area is 296 Å². The molecule has 6 aliphatic rings. The average Bonchev–Trinajstić information content (AvgIpc) is 3.92. The number of nitrogens with zero attached hydrogens (tertiary/aromatic N) is 4. The monoisotopic (exact) mass is 672 g/mol. The summed E-state index contributed by atoms with van der Waals surface area (Å²) in [6, 6.07) is 20.7. The van der Waals surface area contributed by atoms with Gasteiger partial charge in [0.1, 0.15) is 0 Å². The van der Waals surface area contributed by atoms with Gasteiger partial charge in [-0.05, 0) is 137 Å². The summed E-state index contributed by atoms with van der Waals surface area (Å²) in [6.07, 6.45) is 19.1. The van der Waals surface area contributed by atoms with Crippen molar-refractivity contribution in [1.82, 2.24) is 30.4 Å². The standard InChI is InChI=1S/C42H52N6O2/c49-41(45-29-13-9-27(10-14-29)21-25-47-35-17-18-36(47)32-6-2-1-5-31(32)35)39-40(44-24-23-43-39)42(50)46-30-15-11-28(12-16-30)22-26-48-37-19-20-38(48)34-8-4-3-7-33(34)37/h1-8,23-24,27-30,35-38H,9-22,25-26H2,(H,45,49)(H,46,50)/t27?,28?,29?,30?,35-,36+,37-,38+. The van der Waals surface area contributed by atoms with E-state index in [0.717, 1.165) is 51.4 Å². The second-order valence-corrected chi connectivity index (χ2v) is 16.2. The fraction of sp³-hybridized carbons (Fsp3) is 0.571. The smallest absolute Gasteiger partial charge is 0.272 e. The second-order valence-electron chi connectivity index (χ2n) is 16.2. The van der Waals surface area contributed by atoms with Gasteiger partial charge >= 0.3 is 0 Å². The third-order valence-electron chi connectivity index (χ3n) is 13.5. The van der Waals surface area contributed by atoms with Gasteiger partial charge in [0.05, 0.1) is 0 Å². The molecule has 4 fully saturated rings. The van der Waals surface area contributed by atoms with E-state index in [9.17, 15) is 9.59 Å². The van der Waals surface area contributed by atoms with E-state index >= 15 is 0 Å². The van der Waals surface area contributed by atoms with Crippen LogP contribution in [0.4, 0.5) is 0 Å². The maximum absolute atomic E-state index is 13.4. The molecule has 9 rings (SSSR count). The zero-order valence-corrected chi connectivity index (χ0v) is 29.3. The van der Waals surface area contributed by atoms with Gasteiger partial charge in [0, 0.05) is 48.6 Å². The maximum atomic E-state index is 13.4. The summed E-state index contributed by atoms with van der Waals surface area (Å²) in [5, 5.41) is 6.42. The van der Waals surface area contributed by atoms with Crippen LogP contribution in [0, 0.1) is 11.8 Å². The van der Waals surface area contributed by atoms with Crippen molar-refractivity contribution in [2.24, 2.45) is 11.8 Å². The van der Waals surface area contributed by atoms with Gasteiger partial charge in [-0.1, -0.05) is 48.5 Å². The Hall–Kier alpha value is -3.62. The molecule has 50 heavy (non-hydrogen) atoms. The molecule has 4 atom stereocenters. The molecule has 4 aliphatic heterocycles. The van der Waals surface area contributed by atoms with E-state index in [0.29, 0.717) is 36.0 Å². The van der Waals surface area contributed by atoms with Crippen LogP contribution >= 0.6 is 0 Å². The molecule has 262 valence electrons. The van der Waals surface area contributed by atoms with Crippen LogP contribution in [-0.4, -0.2) is 56.8 Å². The minimum atomic E-state index is -0.278. The van der Waals surface area contributed by atoms with Crippen LogP contribution in [0.25, 0.3) is 0 Å². The van der Waals surface area contributed by atoms with Gasteiger partial charge in [-0.15, -0.1) is 0 Å². The molecular weight excluding hydrogens is 621 g/mol. The van der Waals surface area contributed by atoms with E-state index in [4.69, 9.17) is 0 Å². The lowest BCUT2D eigenvalue weighted by atomic mass is 9.83. The molecule has 0 radical (unpaired) electrons. The topological polar surface area (TPSA) is 90.5 Å².